The molecule has 4 bridgehead atoms. The molecule has 4 amide bonds. The number of oxazole rings is 1. The van der Waals surface area contributed by atoms with Gasteiger partial charge in [0.15, 0.2) is 5.69 Å². The van der Waals surface area contributed by atoms with Crippen LogP contribution in [0.15, 0.2) is 52.4 Å². The summed E-state index contributed by atoms with van der Waals surface area (Å²) >= 11 is 1.28. The fourth-order valence-electron chi connectivity index (χ4n) is 5.33. The van der Waals surface area contributed by atoms with Gasteiger partial charge in [-0.2, -0.15) is 5.10 Å². The Balaban J connectivity index is 1.43. The van der Waals surface area contributed by atoms with Crippen LogP contribution >= 0.6 is 11.3 Å². The van der Waals surface area contributed by atoms with Gasteiger partial charge >= 0.3 is 0 Å². The Hall–Kier alpha value is -4.85. The number of amides is 4. The van der Waals surface area contributed by atoms with E-state index in [0.717, 1.165) is 11.3 Å². The number of hydrogen-bond acceptors (Lipinski definition) is 9. The molecule has 0 unspecified atom stereocenters. The summed E-state index contributed by atoms with van der Waals surface area (Å²) in [4.78, 5) is 63.8. The fraction of sp³-hybridized carbons (Fsp3) is 0.424. The summed E-state index contributed by atoms with van der Waals surface area (Å²) in [5.41, 5.74) is 2.10. The van der Waals surface area contributed by atoms with Crippen molar-refractivity contribution in [1.29, 1.82) is 0 Å². The second kappa shape index (κ2) is 15.2. The van der Waals surface area contributed by atoms with Crippen molar-refractivity contribution in [2.75, 3.05) is 19.6 Å². The number of thiazole rings is 1. The van der Waals surface area contributed by atoms with E-state index < -0.39 is 18.0 Å². The molecule has 2 atom stereocenters. The topological polar surface area (TPSA) is 164 Å². The summed E-state index contributed by atoms with van der Waals surface area (Å²) in [6.07, 6.45) is 2.65. The molecule has 248 valence electrons. The normalized spacial score (nSPS) is 18.4. The molecule has 0 spiro atoms. The van der Waals surface area contributed by atoms with Gasteiger partial charge < -0.3 is 25.3 Å². The van der Waals surface area contributed by atoms with Crippen LogP contribution in [-0.4, -0.2) is 67.9 Å². The van der Waals surface area contributed by atoms with E-state index in [9.17, 15) is 19.2 Å². The fourth-order valence-corrected chi connectivity index (χ4v) is 6.35. The second-order valence-corrected chi connectivity index (χ2v) is 12.8. The summed E-state index contributed by atoms with van der Waals surface area (Å²) in [7, 11) is 0. The van der Waals surface area contributed by atoms with Crippen LogP contribution in [0, 0.1) is 19.8 Å². The van der Waals surface area contributed by atoms with E-state index in [1.54, 1.807) is 28.1 Å². The molecule has 0 saturated heterocycles. The van der Waals surface area contributed by atoms with E-state index in [0.29, 0.717) is 30.2 Å². The van der Waals surface area contributed by atoms with Crippen LogP contribution in [0.3, 0.4) is 0 Å². The molecule has 0 aliphatic carbocycles. The molecule has 4 heterocycles. The van der Waals surface area contributed by atoms with E-state index in [1.165, 1.54) is 11.3 Å². The third-order valence-electron chi connectivity index (χ3n) is 7.84. The van der Waals surface area contributed by atoms with Crippen molar-refractivity contribution in [1.82, 2.24) is 40.6 Å². The Labute approximate surface area is 277 Å². The number of rotatable bonds is 5. The van der Waals surface area contributed by atoms with E-state index >= 15 is 0 Å². The lowest BCUT2D eigenvalue weighted by molar-refractivity contribution is -0.132. The minimum Gasteiger partial charge on any atom is -0.443 e. The van der Waals surface area contributed by atoms with Gasteiger partial charge in [0.2, 0.25) is 17.7 Å². The maximum atomic E-state index is 13.5. The van der Waals surface area contributed by atoms with Crippen LogP contribution in [-0.2, 0) is 22.6 Å². The Bertz CT molecular complexity index is 1710. The van der Waals surface area contributed by atoms with Gasteiger partial charge in [0, 0.05) is 44.1 Å². The summed E-state index contributed by atoms with van der Waals surface area (Å²) in [5.74, 6) is -0.754. The number of benzene rings is 1. The lowest BCUT2D eigenvalue weighted by Crippen LogP contribution is -2.41. The highest BCUT2D eigenvalue weighted by atomic mass is 32.1. The number of aromatic nitrogens is 4. The Morgan fingerprint density at radius 1 is 1.04 bits per heavy atom. The molecule has 0 radical (unpaired) electrons. The van der Waals surface area contributed by atoms with Crippen molar-refractivity contribution in [2.45, 2.75) is 65.6 Å². The maximum Gasteiger partial charge on any atom is 0.274 e. The largest absolute Gasteiger partial charge is 0.443 e. The van der Waals surface area contributed by atoms with Crippen molar-refractivity contribution in [3.05, 3.63) is 87.3 Å². The molecule has 1 aromatic carbocycles. The zero-order chi connectivity index (χ0) is 33.5. The van der Waals surface area contributed by atoms with Gasteiger partial charge in [0.05, 0.1) is 11.7 Å². The van der Waals surface area contributed by atoms with Crippen LogP contribution in [0.25, 0.3) is 0 Å². The number of fused-ring (bicyclic) bond motifs is 4. The van der Waals surface area contributed by atoms with Crippen molar-refractivity contribution in [3.8, 4) is 0 Å². The van der Waals surface area contributed by atoms with Gasteiger partial charge in [0.25, 0.3) is 11.8 Å². The molecule has 47 heavy (non-hydrogen) atoms. The van der Waals surface area contributed by atoms with Crippen molar-refractivity contribution in [3.63, 3.8) is 0 Å². The molecular weight excluding hydrogens is 620 g/mol. The quantitative estimate of drug-likeness (QED) is 0.293. The predicted octanol–water partition coefficient (Wildman–Crippen LogP) is 3.52. The molecule has 3 aromatic heterocycles. The molecule has 0 fully saturated rings. The molecule has 1 aliphatic rings. The van der Waals surface area contributed by atoms with E-state index in [2.05, 4.69) is 31.0 Å². The van der Waals surface area contributed by atoms with Gasteiger partial charge in [-0.15, -0.1) is 11.3 Å². The standard InChI is InChI=1S/C33H40N8O5S/c1-20(2)28-33-36-25(19-47-33)30(44)34-13-16-40(27(43)18-41-15-12-21(3)39-41)14-8-11-26(42)35-24(17-23-9-6-5-7-10-23)32-38-29(22(4)46-32)31(45)37-28/h5-7,9-10,12,15,19-20,24,28H,8,11,13-14,16-18H2,1-4H3,(H,34,44)(H,35,42)(H,37,45)/t24-,28-/m0/s1. The maximum absolute atomic E-state index is 13.5. The lowest BCUT2D eigenvalue weighted by atomic mass is 10.0. The number of hydrogen-bond donors (Lipinski definition) is 3. The summed E-state index contributed by atoms with van der Waals surface area (Å²) in [5, 5.41) is 15.5. The first-order valence-electron chi connectivity index (χ1n) is 15.7. The third kappa shape index (κ3) is 8.70. The first kappa shape index (κ1) is 33.5. The Morgan fingerprint density at radius 2 is 1.83 bits per heavy atom. The summed E-state index contributed by atoms with van der Waals surface area (Å²) in [6.45, 7) is 8.18. The number of nitrogens with one attached hydrogen (secondary N) is 3. The third-order valence-corrected chi connectivity index (χ3v) is 8.77. The van der Waals surface area contributed by atoms with Crippen LogP contribution in [0.5, 0.6) is 0 Å². The molecule has 3 N–H and O–H groups in total. The highest BCUT2D eigenvalue weighted by Gasteiger charge is 2.29. The number of nitrogens with zero attached hydrogens (tertiary/aromatic N) is 5. The van der Waals surface area contributed by atoms with Crippen LogP contribution in [0.4, 0.5) is 0 Å². The number of carbonyl (C=O) groups is 4. The first-order chi connectivity index (χ1) is 22.6. The van der Waals surface area contributed by atoms with Crippen molar-refractivity contribution in [2.24, 2.45) is 5.92 Å². The molecule has 5 rings (SSSR count). The SMILES string of the molecule is Cc1ccn(CC(=O)N2CCCC(=O)N[C@@H](Cc3ccccc3)c3nc(c(C)o3)C(=O)N[C@@H](C(C)C)c3nc(cs3)C(=O)NCC2)n1. The van der Waals surface area contributed by atoms with Crippen molar-refractivity contribution >= 4 is 35.0 Å². The molecule has 1 aliphatic heterocycles. The number of carbonyl (C=O) groups excluding carboxylic acids is 4. The molecule has 14 heteroatoms. The second-order valence-electron chi connectivity index (χ2n) is 11.9. The number of aryl methyl sites for hydroxylation is 2. The average Bonchev–Trinajstić information content (AvgIpc) is 3.78. The molecule has 4 aromatic rings. The van der Waals surface area contributed by atoms with E-state index in [4.69, 9.17) is 4.42 Å². The predicted molar refractivity (Wildman–Crippen MR) is 175 cm³/mol. The molecule has 0 saturated carbocycles. The van der Waals surface area contributed by atoms with Gasteiger partial charge in [-0.25, -0.2) is 9.97 Å². The van der Waals surface area contributed by atoms with Gasteiger partial charge in [0.1, 0.15) is 29.0 Å². The minimum atomic E-state index is -0.630. The molecular formula is C33H40N8O5S. The van der Waals surface area contributed by atoms with Crippen LogP contribution < -0.4 is 16.0 Å². The average molecular weight is 661 g/mol. The lowest BCUT2D eigenvalue weighted by Gasteiger charge is -2.23. The molecule has 13 nitrogen and oxygen atoms in total. The summed E-state index contributed by atoms with van der Waals surface area (Å²) in [6, 6.07) is 10.3. The zero-order valence-electron chi connectivity index (χ0n) is 27.0. The van der Waals surface area contributed by atoms with Gasteiger partial charge in [-0.05, 0) is 37.8 Å². The Morgan fingerprint density at radius 3 is 2.55 bits per heavy atom. The highest BCUT2D eigenvalue weighted by molar-refractivity contribution is 7.09. The van der Waals surface area contributed by atoms with Crippen LogP contribution in [0.2, 0.25) is 0 Å². The monoisotopic (exact) mass is 660 g/mol. The smallest absolute Gasteiger partial charge is 0.274 e. The first-order valence-corrected chi connectivity index (χ1v) is 16.6. The van der Waals surface area contributed by atoms with E-state index in [-0.39, 0.29) is 67.0 Å². The minimum absolute atomic E-state index is 0.0384. The van der Waals surface area contributed by atoms with Gasteiger partial charge in [-0.1, -0.05) is 44.2 Å². The van der Waals surface area contributed by atoms with Crippen LogP contribution in [0.1, 0.15) is 87.7 Å². The van der Waals surface area contributed by atoms with Gasteiger partial charge in [-0.3, -0.25) is 23.9 Å². The van der Waals surface area contributed by atoms with E-state index in [1.807, 2.05) is 57.2 Å². The highest BCUT2D eigenvalue weighted by Crippen LogP contribution is 2.27. The summed E-state index contributed by atoms with van der Waals surface area (Å²) < 4.78 is 7.57. The Kier molecular flexibility index (Phi) is 10.8. The van der Waals surface area contributed by atoms with Crippen molar-refractivity contribution < 1.29 is 23.6 Å². The zero-order valence-corrected chi connectivity index (χ0v) is 27.8.